The average Bonchev–Trinajstić information content (AvgIpc) is 2.58. The smallest absolute Gasteiger partial charge is 0.335 e. The molecule has 0 aliphatic carbocycles. The number of aromatic carboxylic acids is 1. The highest BCUT2D eigenvalue weighted by molar-refractivity contribution is 6.32. The molecule has 1 amide bonds. The van der Waals surface area contributed by atoms with E-state index in [1.54, 1.807) is 30.3 Å². The summed E-state index contributed by atoms with van der Waals surface area (Å²) in [5, 5.41) is 12.3. The molecule has 0 aromatic heterocycles. The summed E-state index contributed by atoms with van der Waals surface area (Å²) in [5.74, 6) is -0.566. The van der Waals surface area contributed by atoms with E-state index in [4.69, 9.17) is 21.4 Å². The zero-order chi connectivity index (χ0) is 18.2. The Bertz CT molecular complexity index is 761. The summed E-state index contributed by atoms with van der Waals surface area (Å²) >= 11 is 6.11. The van der Waals surface area contributed by atoms with E-state index in [0.717, 1.165) is 11.1 Å². The highest BCUT2D eigenvalue weighted by Crippen LogP contribution is 2.29. The Labute approximate surface area is 151 Å². The van der Waals surface area contributed by atoms with E-state index in [1.807, 2.05) is 19.1 Å². The van der Waals surface area contributed by atoms with Gasteiger partial charge in [0, 0.05) is 12.1 Å². The van der Waals surface area contributed by atoms with Crippen molar-refractivity contribution in [1.29, 1.82) is 0 Å². The van der Waals surface area contributed by atoms with Crippen molar-refractivity contribution in [2.24, 2.45) is 0 Å². The molecule has 132 valence electrons. The first-order valence-corrected chi connectivity index (χ1v) is 8.38. The van der Waals surface area contributed by atoms with Crippen molar-refractivity contribution >= 4 is 23.5 Å². The van der Waals surface area contributed by atoms with E-state index in [1.165, 1.54) is 0 Å². The van der Waals surface area contributed by atoms with Crippen molar-refractivity contribution in [3.63, 3.8) is 0 Å². The standard InChI is InChI=1S/C19H20ClNO4/c1-2-25-18-14(6-4-8-16(18)20)12-17(22)21-10-9-13-5-3-7-15(11-13)19(23)24/h3-8,11H,2,9-10,12H2,1H3,(H,21,22)(H,23,24). The van der Waals surface area contributed by atoms with E-state index < -0.39 is 5.97 Å². The summed E-state index contributed by atoms with van der Waals surface area (Å²) in [6.07, 6.45) is 0.728. The Balaban J connectivity index is 1.90. The lowest BCUT2D eigenvalue weighted by Gasteiger charge is -2.12. The van der Waals surface area contributed by atoms with Crippen LogP contribution in [-0.4, -0.2) is 30.1 Å². The van der Waals surface area contributed by atoms with Crippen LogP contribution in [0.5, 0.6) is 5.75 Å². The summed E-state index contributed by atoms with van der Waals surface area (Å²) in [5.41, 5.74) is 1.83. The molecule has 0 atom stereocenters. The molecule has 0 unspecified atom stereocenters. The predicted molar refractivity (Wildman–Crippen MR) is 96.4 cm³/mol. The van der Waals surface area contributed by atoms with Crippen LogP contribution >= 0.6 is 11.6 Å². The second-order valence-electron chi connectivity index (χ2n) is 5.44. The van der Waals surface area contributed by atoms with Crippen LogP contribution < -0.4 is 10.1 Å². The van der Waals surface area contributed by atoms with Crippen LogP contribution in [0.3, 0.4) is 0 Å². The number of carbonyl (C=O) groups excluding carboxylic acids is 1. The number of rotatable bonds is 8. The van der Waals surface area contributed by atoms with E-state index in [9.17, 15) is 9.59 Å². The number of carbonyl (C=O) groups is 2. The van der Waals surface area contributed by atoms with Gasteiger partial charge in [-0.3, -0.25) is 4.79 Å². The van der Waals surface area contributed by atoms with Crippen molar-refractivity contribution < 1.29 is 19.4 Å². The lowest BCUT2D eigenvalue weighted by molar-refractivity contribution is -0.120. The Morgan fingerprint density at radius 1 is 1.20 bits per heavy atom. The highest BCUT2D eigenvalue weighted by atomic mass is 35.5. The molecule has 25 heavy (non-hydrogen) atoms. The number of carboxylic acid groups (broad SMARTS) is 1. The zero-order valence-corrected chi connectivity index (χ0v) is 14.7. The lowest BCUT2D eigenvalue weighted by Crippen LogP contribution is -2.27. The first kappa shape index (κ1) is 18.8. The highest BCUT2D eigenvalue weighted by Gasteiger charge is 2.12. The van der Waals surface area contributed by atoms with Crippen LogP contribution in [0.15, 0.2) is 42.5 Å². The van der Waals surface area contributed by atoms with Crippen LogP contribution in [0.1, 0.15) is 28.4 Å². The SMILES string of the molecule is CCOc1c(Cl)cccc1CC(=O)NCCc1cccc(C(=O)O)c1. The molecule has 0 fully saturated rings. The first-order valence-electron chi connectivity index (χ1n) is 8.00. The molecule has 2 N–H and O–H groups in total. The molecule has 0 radical (unpaired) electrons. The normalized spacial score (nSPS) is 10.3. The molecule has 0 aliphatic rings. The molecule has 5 nitrogen and oxygen atoms in total. The number of benzene rings is 2. The minimum Gasteiger partial charge on any atom is -0.492 e. The number of carboxylic acids is 1. The molecule has 2 aromatic rings. The fourth-order valence-corrected chi connectivity index (χ4v) is 2.69. The molecule has 0 spiro atoms. The molecule has 0 saturated heterocycles. The van der Waals surface area contributed by atoms with Gasteiger partial charge in [-0.15, -0.1) is 0 Å². The Hall–Kier alpha value is -2.53. The second kappa shape index (κ2) is 9.08. The molecular formula is C19H20ClNO4. The Morgan fingerprint density at radius 2 is 1.96 bits per heavy atom. The van der Waals surface area contributed by atoms with Gasteiger partial charge in [0.05, 0.1) is 23.6 Å². The van der Waals surface area contributed by atoms with Crippen molar-refractivity contribution in [2.75, 3.05) is 13.2 Å². The number of hydrogen-bond donors (Lipinski definition) is 2. The van der Waals surface area contributed by atoms with Crippen LogP contribution in [0.2, 0.25) is 5.02 Å². The van der Waals surface area contributed by atoms with E-state index in [2.05, 4.69) is 5.32 Å². The summed E-state index contributed by atoms with van der Waals surface area (Å²) in [6.45, 7) is 2.75. The fraction of sp³-hybridized carbons (Fsp3) is 0.263. The molecule has 0 aliphatic heterocycles. The van der Waals surface area contributed by atoms with E-state index >= 15 is 0 Å². The van der Waals surface area contributed by atoms with E-state index in [-0.39, 0.29) is 17.9 Å². The molecule has 0 bridgehead atoms. The van der Waals surface area contributed by atoms with Gasteiger partial charge in [0.1, 0.15) is 5.75 Å². The second-order valence-corrected chi connectivity index (χ2v) is 5.85. The molecule has 0 saturated carbocycles. The maximum atomic E-state index is 12.1. The molecular weight excluding hydrogens is 342 g/mol. The van der Waals surface area contributed by atoms with Gasteiger partial charge in [-0.25, -0.2) is 4.79 Å². The largest absolute Gasteiger partial charge is 0.492 e. The van der Waals surface area contributed by atoms with Crippen molar-refractivity contribution in [1.82, 2.24) is 5.32 Å². The summed E-state index contributed by atoms with van der Waals surface area (Å²) in [4.78, 5) is 23.1. The number of hydrogen-bond acceptors (Lipinski definition) is 3. The van der Waals surface area contributed by atoms with Crippen molar-refractivity contribution in [3.05, 3.63) is 64.2 Å². The predicted octanol–water partition coefficient (Wildman–Crippen LogP) is 3.34. The molecule has 2 rings (SSSR count). The van der Waals surface area contributed by atoms with Gasteiger partial charge in [-0.1, -0.05) is 35.9 Å². The molecule has 2 aromatic carbocycles. The molecule has 6 heteroatoms. The van der Waals surface area contributed by atoms with Crippen molar-refractivity contribution in [2.45, 2.75) is 19.8 Å². The van der Waals surface area contributed by atoms with Gasteiger partial charge in [-0.05, 0) is 37.1 Å². The van der Waals surface area contributed by atoms with Crippen molar-refractivity contribution in [3.8, 4) is 5.75 Å². The quantitative estimate of drug-likeness (QED) is 0.756. The van der Waals surface area contributed by atoms with Gasteiger partial charge in [0.25, 0.3) is 0 Å². The van der Waals surface area contributed by atoms with Gasteiger partial charge >= 0.3 is 5.97 Å². The third-order valence-electron chi connectivity index (χ3n) is 3.60. The van der Waals surface area contributed by atoms with Gasteiger partial charge in [0.15, 0.2) is 0 Å². The lowest BCUT2D eigenvalue weighted by atomic mass is 10.1. The fourth-order valence-electron chi connectivity index (χ4n) is 2.44. The van der Waals surface area contributed by atoms with Crippen LogP contribution in [0.25, 0.3) is 0 Å². The average molecular weight is 362 g/mol. The summed E-state index contributed by atoms with van der Waals surface area (Å²) in [7, 11) is 0. The van der Waals surface area contributed by atoms with Gasteiger partial charge < -0.3 is 15.2 Å². The maximum Gasteiger partial charge on any atom is 0.335 e. The number of amides is 1. The Kier molecular flexibility index (Phi) is 6.83. The molecule has 0 heterocycles. The first-order chi connectivity index (χ1) is 12.0. The number of para-hydroxylation sites is 1. The Morgan fingerprint density at radius 3 is 2.68 bits per heavy atom. The minimum absolute atomic E-state index is 0.141. The maximum absolute atomic E-state index is 12.1. The summed E-state index contributed by atoms with van der Waals surface area (Å²) < 4.78 is 5.51. The van der Waals surface area contributed by atoms with Crippen LogP contribution in [-0.2, 0) is 17.6 Å². The number of halogens is 1. The van der Waals surface area contributed by atoms with Gasteiger partial charge in [0.2, 0.25) is 5.91 Å². The van der Waals surface area contributed by atoms with Gasteiger partial charge in [-0.2, -0.15) is 0 Å². The monoisotopic (exact) mass is 361 g/mol. The van der Waals surface area contributed by atoms with Crippen LogP contribution in [0, 0.1) is 0 Å². The number of nitrogens with one attached hydrogen (secondary N) is 1. The topological polar surface area (TPSA) is 75.6 Å². The summed E-state index contributed by atoms with van der Waals surface area (Å²) in [6, 6.07) is 12.0. The number of ether oxygens (including phenoxy) is 1. The minimum atomic E-state index is -0.963. The van der Waals surface area contributed by atoms with E-state index in [0.29, 0.717) is 30.3 Å². The third kappa shape index (κ3) is 5.50. The zero-order valence-electron chi connectivity index (χ0n) is 13.9. The van der Waals surface area contributed by atoms with Crippen LogP contribution in [0.4, 0.5) is 0 Å². The third-order valence-corrected chi connectivity index (χ3v) is 3.90.